The minimum absolute atomic E-state index is 0.0515. The molecule has 0 radical (unpaired) electrons. The van der Waals surface area contributed by atoms with E-state index in [9.17, 15) is 9.59 Å². The van der Waals surface area contributed by atoms with Crippen molar-refractivity contribution in [2.75, 3.05) is 13.1 Å². The van der Waals surface area contributed by atoms with Crippen molar-refractivity contribution in [3.8, 4) is 11.8 Å². The molecule has 4 nitrogen and oxygen atoms in total. The molecular weight excluding hydrogens is 216 g/mol. The van der Waals surface area contributed by atoms with Gasteiger partial charge in [-0.15, -0.1) is 5.92 Å². The molecule has 2 aliphatic rings. The molecule has 0 unspecified atom stereocenters. The van der Waals surface area contributed by atoms with Crippen LogP contribution in [-0.4, -0.2) is 35.3 Å². The second kappa shape index (κ2) is 4.79. The summed E-state index contributed by atoms with van der Waals surface area (Å²) < 4.78 is 0. The third-order valence-corrected chi connectivity index (χ3v) is 3.56. The van der Waals surface area contributed by atoms with Gasteiger partial charge in [0, 0.05) is 0 Å². The molecule has 4 heteroatoms. The molecule has 2 amide bonds. The lowest BCUT2D eigenvalue weighted by Gasteiger charge is -2.43. The van der Waals surface area contributed by atoms with Crippen molar-refractivity contribution in [2.24, 2.45) is 0 Å². The zero-order chi connectivity index (χ0) is 12.3. The van der Waals surface area contributed by atoms with Gasteiger partial charge in [-0.05, 0) is 19.8 Å². The number of nitrogens with one attached hydrogen (secondary N) is 1. The average Bonchev–Trinajstić information content (AvgIpc) is 2.33. The first-order chi connectivity index (χ1) is 8.18. The fraction of sp³-hybridized carbons (Fsp3) is 0.692. The molecule has 1 aliphatic heterocycles. The summed E-state index contributed by atoms with van der Waals surface area (Å²) in [5.41, 5.74) is -0.622. The van der Waals surface area contributed by atoms with Gasteiger partial charge < -0.3 is 10.2 Å². The topological polar surface area (TPSA) is 49.4 Å². The Morgan fingerprint density at radius 2 is 2.00 bits per heavy atom. The molecule has 0 aromatic carbocycles. The Morgan fingerprint density at radius 3 is 2.65 bits per heavy atom. The Kier molecular flexibility index (Phi) is 3.37. The second-order valence-corrected chi connectivity index (χ2v) is 4.78. The highest BCUT2D eigenvalue weighted by molar-refractivity contribution is 5.98. The lowest BCUT2D eigenvalue weighted by Crippen LogP contribution is -2.67. The van der Waals surface area contributed by atoms with Crippen molar-refractivity contribution < 1.29 is 9.59 Å². The maximum Gasteiger partial charge on any atom is 0.249 e. The molecule has 1 N–H and O–H groups in total. The molecule has 17 heavy (non-hydrogen) atoms. The Labute approximate surface area is 102 Å². The number of carbonyl (C=O) groups excluding carboxylic acids is 2. The van der Waals surface area contributed by atoms with Gasteiger partial charge in [-0.2, -0.15) is 0 Å². The number of rotatable bonds is 1. The summed E-state index contributed by atoms with van der Waals surface area (Å²) >= 11 is 0. The van der Waals surface area contributed by atoms with Crippen molar-refractivity contribution in [2.45, 2.75) is 44.6 Å². The molecule has 1 saturated carbocycles. The zero-order valence-electron chi connectivity index (χ0n) is 10.2. The van der Waals surface area contributed by atoms with E-state index in [2.05, 4.69) is 17.2 Å². The number of nitrogens with zero attached hydrogens (tertiary/aromatic N) is 1. The predicted octanol–water partition coefficient (Wildman–Crippen LogP) is 0.671. The Hall–Kier alpha value is -1.50. The first-order valence-electron chi connectivity index (χ1n) is 6.18. The molecule has 2 fully saturated rings. The quantitative estimate of drug-likeness (QED) is 0.678. The number of amides is 2. The van der Waals surface area contributed by atoms with E-state index >= 15 is 0 Å². The van der Waals surface area contributed by atoms with Crippen LogP contribution in [0, 0.1) is 11.8 Å². The van der Waals surface area contributed by atoms with E-state index in [-0.39, 0.29) is 18.4 Å². The van der Waals surface area contributed by atoms with Crippen molar-refractivity contribution in [3.63, 3.8) is 0 Å². The summed E-state index contributed by atoms with van der Waals surface area (Å²) in [7, 11) is 0. The summed E-state index contributed by atoms with van der Waals surface area (Å²) in [5.74, 6) is 5.64. The van der Waals surface area contributed by atoms with Crippen molar-refractivity contribution in [1.29, 1.82) is 0 Å². The fourth-order valence-corrected chi connectivity index (χ4v) is 2.70. The third-order valence-electron chi connectivity index (χ3n) is 3.56. The summed E-state index contributed by atoms with van der Waals surface area (Å²) in [4.78, 5) is 25.7. The first-order valence-corrected chi connectivity index (χ1v) is 6.18. The predicted molar refractivity (Wildman–Crippen MR) is 64.0 cm³/mol. The van der Waals surface area contributed by atoms with Crippen LogP contribution in [0.3, 0.4) is 0 Å². The maximum absolute atomic E-state index is 12.4. The third kappa shape index (κ3) is 2.28. The standard InChI is InChI=1S/C13H18N2O2/c1-2-3-9-15-10-11(16)14-13(12(15)17)7-5-4-6-8-13/h4-10H2,1H3,(H,14,16). The van der Waals surface area contributed by atoms with Gasteiger partial charge in [-0.25, -0.2) is 0 Å². The summed E-state index contributed by atoms with van der Waals surface area (Å²) in [6, 6.07) is 0. The molecule has 1 aliphatic carbocycles. The summed E-state index contributed by atoms with van der Waals surface area (Å²) in [6.45, 7) is 2.25. The SMILES string of the molecule is CC#CCN1CC(=O)NC2(CCCCC2)C1=O. The van der Waals surface area contributed by atoms with Crippen LogP contribution in [0.25, 0.3) is 0 Å². The van der Waals surface area contributed by atoms with Gasteiger partial charge >= 0.3 is 0 Å². The fourth-order valence-electron chi connectivity index (χ4n) is 2.70. The van der Waals surface area contributed by atoms with Gasteiger partial charge in [0.25, 0.3) is 0 Å². The molecule has 2 rings (SSSR count). The lowest BCUT2D eigenvalue weighted by atomic mass is 9.79. The highest BCUT2D eigenvalue weighted by Gasteiger charge is 2.46. The molecule has 1 saturated heterocycles. The molecule has 92 valence electrons. The first kappa shape index (κ1) is 12.0. The second-order valence-electron chi connectivity index (χ2n) is 4.78. The van der Waals surface area contributed by atoms with Crippen LogP contribution in [-0.2, 0) is 9.59 Å². The van der Waals surface area contributed by atoms with E-state index in [1.165, 1.54) is 0 Å². The van der Waals surface area contributed by atoms with Crippen LogP contribution in [0.5, 0.6) is 0 Å². The monoisotopic (exact) mass is 234 g/mol. The molecule has 1 heterocycles. The van der Waals surface area contributed by atoms with Gasteiger partial charge in [0.05, 0.1) is 6.54 Å². The van der Waals surface area contributed by atoms with Crippen LogP contribution in [0.4, 0.5) is 0 Å². The zero-order valence-corrected chi connectivity index (χ0v) is 10.2. The van der Waals surface area contributed by atoms with Gasteiger partial charge in [0.1, 0.15) is 12.1 Å². The van der Waals surface area contributed by atoms with Crippen molar-refractivity contribution in [3.05, 3.63) is 0 Å². The van der Waals surface area contributed by atoms with Gasteiger partial charge in [-0.1, -0.05) is 25.2 Å². The molecule has 0 bridgehead atoms. The average molecular weight is 234 g/mol. The lowest BCUT2D eigenvalue weighted by molar-refractivity contribution is -0.150. The van der Waals surface area contributed by atoms with E-state index < -0.39 is 5.54 Å². The van der Waals surface area contributed by atoms with Crippen molar-refractivity contribution >= 4 is 11.8 Å². The van der Waals surface area contributed by atoms with E-state index in [0.717, 1.165) is 32.1 Å². The number of hydrogen-bond donors (Lipinski definition) is 1. The van der Waals surface area contributed by atoms with E-state index in [0.29, 0.717) is 6.54 Å². The Balaban J connectivity index is 2.17. The van der Waals surface area contributed by atoms with Crippen molar-refractivity contribution in [1.82, 2.24) is 10.2 Å². The largest absolute Gasteiger partial charge is 0.340 e. The normalized spacial score (nSPS) is 23.0. The molecule has 0 atom stereocenters. The molecule has 1 spiro atoms. The van der Waals surface area contributed by atoms with Crippen LogP contribution >= 0.6 is 0 Å². The van der Waals surface area contributed by atoms with Crippen LogP contribution < -0.4 is 5.32 Å². The summed E-state index contributed by atoms with van der Waals surface area (Å²) in [6.07, 6.45) is 4.72. The summed E-state index contributed by atoms with van der Waals surface area (Å²) in [5, 5.41) is 2.91. The minimum atomic E-state index is -0.622. The molecule has 0 aromatic rings. The molecule has 0 aromatic heterocycles. The Bertz CT molecular complexity index is 386. The van der Waals surface area contributed by atoms with Gasteiger partial charge in [0.15, 0.2) is 0 Å². The van der Waals surface area contributed by atoms with Crippen LogP contribution in [0.1, 0.15) is 39.0 Å². The van der Waals surface area contributed by atoms with Crippen LogP contribution in [0.15, 0.2) is 0 Å². The number of piperazine rings is 1. The minimum Gasteiger partial charge on any atom is -0.340 e. The highest BCUT2D eigenvalue weighted by Crippen LogP contribution is 2.31. The Morgan fingerprint density at radius 1 is 1.29 bits per heavy atom. The van der Waals surface area contributed by atoms with E-state index in [4.69, 9.17) is 0 Å². The van der Waals surface area contributed by atoms with Gasteiger partial charge in [0.2, 0.25) is 11.8 Å². The maximum atomic E-state index is 12.4. The molecular formula is C13H18N2O2. The number of hydrogen-bond acceptors (Lipinski definition) is 2. The van der Waals surface area contributed by atoms with E-state index in [1.54, 1.807) is 11.8 Å². The number of carbonyl (C=O) groups is 2. The highest BCUT2D eigenvalue weighted by atomic mass is 16.2. The van der Waals surface area contributed by atoms with Crippen LogP contribution in [0.2, 0.25) is 0 Å². The van der Waals surface area contributed by atoms with Gasteiger partial charge in [-0.3, -0.25) is 9.59 Å². The smallest absolute Gasteiger partial charge is 0.249 e. The van der Waals surface area contributed by atoms with E-state index in [1.807, 2.05) is 0 Å².